The standard InChI is InChI=1S/C21H13N5O6S2/c27-17-4-2-1-3-14(17)20(28)24-22-11-12-5-8-18(16(9-12)26(31)32)33-21-23-15-7-6-13(25(29)30)10-19(15)34-21/h1-11,27H,(H,24,28)/b22-11+. The highest BCUT2D eigenvalue weighted by Gasteiger charge is 2.18. The molecular weight excluding hydrogens is 482 g/mol. The smallest absolute Gasteiger partial charge is 0.283 e. The number of phenols is 1. The normalized spacial score (nSPS) is 11.1. The Morgan fingerprint density at radius 1 is 1.09 bits per heavy atom. The second-order valence-corrected chi connectivity index (χ2v) is 9.01. The fourth-order valence-corrected chi connectivity index (χ4v) is 5.02. The summed E-state index contributed by atoms with van der Waals surface area (Å²) < 4.78 is 1.10. The second kappa shape index (κ2) is 9.64. The van der Waals surface area contributed by atoms with Gasteiger partial charge in [0, 0.05) is 23.8 Å². The number of hydrogen-bond acceptors (Lipinski definition) is 10. The minimum Gasteiger partial charge on any atom is -0.507 e. The molecule has 11 nitrogen and oxygen atoms in total. The molecule has 0 saturated heterocycles. The molecule has 0 fully saturated rings. The zero-order chi connectivity index (χ0) is 24.2. The molecule has 170 valence electrons. The number of nitrogens with one attached hydrogen (secondary N) is 1. The summed E-state index contributed by atoms with van der Waals surface area (Å²) in [6.45, 7) is 0. The monoisotopic (exact) mass is 495 g/mol. The summed E-state index contributed by atoms with van der Waals surface area (Å²) in [5, 5.41) is 36.1. The predicted molar refractivity (Wildman–Crippen MR) is 127 cm³/mol. The van der Waals surface area contributed by atoms with E-state index in [9.17, 15) is 30.1 Å². The topological polar surface area (TPSA) is 161 Å². The maximum absolute atomic E-state index is 12.1. The molecule has 1 aromatic heterocycles. The van der Waals surface area contributed by atoms with Gasteiger partial charge in [-0.15, -0.1) is 11.3 Å². The van der Waals surface area contributed by atoms with Crippen LogP contribution in [0.4, 0.5) is 11.4 Å². The molecule has 4 rings (SSSR count). The number of carbonyl (C=O) groups is 1. The lowest BCUT2D eigenvalue weighted by atomic mass is 10.2. The first-order valence-electron chi connectivity index (χ1n) is 9.44. The number of aromatic hydroxyl groups is 1. The zero-order valence-electron chi connectivity index (χ0n) is 16.9. The maximum Gasteiger partial charge on any atom is 0.283 e. The Hall–Kier alpha value is -4.36. The Kier molecular flexibility index (Phi) is 6.47. The summed E-state index contributed by atoms with van der Waals surface area (Å²) in [4.78, 5) is 38.3. The molecule has 0 saturated carbocycles. The molecule has 0 aliphatic carbocycles. The predicted octanol–water partition coefficient (Wildman–Crippen LogP) is 4.73. The van der Waals surface area contributed by atoms with Crippen LogP contribution in [0.25, 0.3) is 10.2 Å². The first-order chi connectivity index (χ1) is 16.3. The number of benzene rings is 3. The van der Waals surface area contributed by atoms with Gasteiger partial charge < -0.3 is 5.11 Å². The summed E-state index contributed by atoms with van der Waals surface area (Å²) in [5.41, 5.74) is 2.98. The highest BCUT2D eigenvalue weighted by molar-refractivity contribution is 8.01. The van der Waals surface area contributed by atoms with Gasteiger partial charge in [-0.1, -0.05) is 30.0 Å². The number of nitro benzene ring substituents is 2. The van der Waals surface area contributed by atoms with Crippen molar-refractivity contribution in [1.82, 2.24) is 10.4 Å². The van der Waals surface area contributed by atoms with E-state index in [2.05, 4.69) is 15.5 Å². The van der Waals surface area contributed by atoms with Crippen LogP contribution in [0.3, 0.4) is 0 Å². The summed E-state index contributed by atoms with van der Waals surface area (Å²) in [5.74, 6) is -0.830. The van der Waals surface area contributed by atoms with Crippen molar-refractivity contribution < 1.29 is 19.7 Å². The van der Waals surface area contributed by atoms with E-state index in [-0.39, 0.29) is 22.7 Å². The van der Waals surface area contributed by atoms with Gasteiger partial charge in [-0.05, 0) is 24.3 Å². The van der Waals surface area contributed by atoms with E-state index in [1.807, 2.05) is 0 Å². The Bertz CT molecular complexity index is 1470. The number of hydrogen-bond donors (Lipinski definition) is 2. The highest BCUT2D eigenvalue weighted by atomic mass is 32.2. The summed E-state index contributed by atoms with van der Waals surface area (Å²) in [6.07, 6.45) is 1.25. The number of aromatic nitrogens is 1. The molecule has 2 N–H and O–H groups in total. The Labute approximate surface area is 199 Å². The van der Waals surface area contributed by atoms with E-state index in [4.69, 9.17) is 0 Å². The highest BCUT2D eigenvalue weighted by Crippen LogP contribution is 2.39. The number of non-ortho nitro benzene ring substituents is 1. The molecule has 0 aliphatic rings. The number of thiazole rings is 1. The summed E-state index contributed by atoms with van der Waals surface area (Å²) in [7, 11) is 0. The molecule has 1 heterocycles. The quantitative estimate of drug-likeness (QED) is 0.211. The van der Waals surface area contributed by atoms with Gasteiger partial charge in [0.25, 0.3) is 17.3 Å². The number of carbonyl (C=O) groups excluding carboxylic acids is 1. The molecule has 0 radical (unpaired) electrons. The van der Waals surface area contributed by atoms with Gasteiger partial charge in [0.2, 0.25) is 0 Å². The molecule has 0 spiro atoms. The largest absolute Gasteiger partial charge is 0.507 e. The minimum atomic E-state index is -0.632. The number of nitrogens with zero attached hydrogens (tertiary/aromatic N) is 4. The average molecular weight is 495 g/mol. The first-order valence-corrected chi connectivity index (χ1v) is 11.1. The molecule has 3 aromatic carbocycles. The lowest BCUT2D eigenvalue weighted by Gasteiger charge is -2.03. The number of phenolic OH excluding ortho intramolecular Hbond substituents is 1. The van der Waals surface area contributed by atoms with E-state index in [1.54, 1.807) is 18.2 Å². The lowest BCUT2D eigenvalue weighted by molar-refractivity contribution is -0.387. The third-order valence-electron chi connectivity index (χ3n) is 4.47. The van der Waals surface area contributed by atoms with Gasteiger partial charge >= 0.3 is 0 Å². The van der Waals surface area contributed by atoms with Crippen LogP contribution in [-0.4, -0.2) is 32.1 Å². The maximum atomic E-state index is 12.1. The Balaban J connectivity index is 1.52. The molecular formula is C21H13N5O6S2. The molecule has 4 aromatic rings. The number of amides is 1. The van der Waals surface area contributed by atoms with Crippen LogP contribution < -0.4 is 5.43 Å². The van der Waals surface area contributed by atoms with Crippen LogP contribution in [0.5, 0.6) is 5.75 Å². The molecule has 34 heavy (non-hydrogen) atoms. The van der Waals surface area contributed by atoms with Crippen molar-refractivity contribution in [2.75, 3.05) is 0 Å². The van der Waals surface area contributed by atoms with Crippen LogP contribution >= 0.6 is 23.1 Å². The summed E-state index contributed by atoms with van der Waals surface area (Å²) >= 11 is 2.27. The second-order valence-electron chi connectivity index (χ2n) is 6.69. The van der Waals surface area contributed by atoms with Crippen molar-refractivity contribution in [2.24, 2.45) is 5.10 Å². The first kappa shape index (κ1) is 22.8. The molecule has 1 amide bonds. The molecule has 13 heteroatoms. The van der Waals surface area contributed by atoms with Gasteiger partial charge in [-0.25, -0.2) is 10.4 Å². The van der Waals surface area contributed by atoms with E-state index < -0.39 is 15.8 Å². The third kappa shape index (κ3) is 5.00. The van der Waals surface area contributed by atoms with Crippen LogP contribution in [0, 0.1) is 20.2 Å². The summed E-state index contributed by atoms with van der Waals surface area (Å²) in [6, 6.07) is 14.7. The van der Waals surface area contributed by atoms with Crippen molar-refractivity contribution in [2.45, 2.75) is 9.24 Å². The molecule has 0 bridgehead atoms. The Morgan fingerprint density at radius 3 is 2.62 bits per heavy atom. The van der Waals surface area contributed by atoms with Crippen molar-refractivity contribution in [3.63, 3.8) is 0 Å². The molecule has 0 atom stereocenters. The fraction of sp³-hybridized carbons (Fsp3) is 0. The van der Waals surface area contributed by atoms with Gasteiger partial charge in [-0.3, -0.25) is 25.0 Å². The van der Waals surface area contributed by atoms with Crippen LogP contribution in [0.2, 0.25) is 0 Å². The van der Waals surface area contributed by atoms with Crippen molar-refractivity contribution in [3.05, 3.63) is 92.0 Å². The number of rotatable bonds is 7. The van der Waals surface area contributed by atoms with Gasteiger partial charge in [0.15, 0.2) is 4.34 Å². The number of hydrazone groups is 1. The SMILES string of the molecule is O=C(N/N=C/c1ccc(Sc2nc3ccc([N+](=O)[O-])cc3s2)c([N+](=O)[O-])c1)c1ccccc1O. The van der Waals surface area contributed by atoms with Crippen molar-refractivity contribution >= 4 is 56.8 Å². The third-order valence-corrected chi connectivity index (χ3v) is 6.61. The van der Waals surface area contributed by atoms with E-state index >= 15 is 0 Å². The van der Waals surface area contributed by atoms with Crippen molar-refractivity contribution in [1.29, 1.82) is 0 Å². The van der Waals surface area contributed by atoms with Crippen LogP contribution in [-0.2, 0) is 0 Å². The zero-order valence-corrected chi connectivity index (χ0v) is 18.6. The van der Waals surface area contributed by atoms with Gasteiger partial charge in [0.1, 0.15) is 5.75 Å². The number of fused-ring (bicyclic) bond motifs is 1. The molecule has 0 unspecified atom stereocenters. The van der Waals surface area contributed by atoms with Gasteiger partial charge in [0.05, 0.1) is 36.7 Å². The number of para-hydroxylation sites is 1. The number of nitro groups is 2. The van der Waals surface area contributed by atoms with E-state index in [0.29, 0.717) is 25.0 Å². The van der Waals surface area contributed by atoms with Crippen LogP contribution in [0.1, 0.15) is 15.9 Å². The molecule has 0 aliphatic heterocycles. The minimum absolute atomic E-state index is 0.0403. The van der Waals surface area contributed by atoms with Crippen molar-refractivity contribution in [3.8, 4) is 5.75 Å². The van der Waals surface area contributed by atoms with Gasteiger partial charge in [-0.2, -0.15) is 5.10 Å². The average Bonchev–Trinajstić information content (AvgIpc) is 3.21. The Morgan fingerprint density at radius 2 is 1.88 bits per heavy atom. The fourth-order valence-electron chi connectivity index (χ4n) is 2.88. The lowest BCUT2D eigenvalue weighted by Crippen LogP contribution is -2.17. The van der Waals surface area contributed by atoms with E-state index in [0.717, 1.165) is 11.8 Å². The van der Waals surface area contributed by atoms with Crippen LogP contribution in [0.15, 0.2) is 75.0 Å². The van der Waals surface area contributed by atoms with E-state index in [1.165, 1.54) is 60.0 Å².